The van der Waals surface area contributed by atoms with Crippen molar-refractivity contribution in [1.29, 1.82) is 0 Å². The molecule has 0 unspecified atom stereocenters. The van der Waals surface area contributed by atoms with E-state index in [1.54, 1.807) is 0 Å². The van der Waals surface area contributed by atoms with Gasteiger partial charge in [0.15, 0.2) is 5.78 Å². The van der Waals surface area contributed by atoms with Crippen molar-refractivity contribution in [3.63, 3.8) is 0 Å². The lowest BCUT2D eigenvalue weighted by Gasteiger charge is -2.13. The van der Waals surface area contributed by atoms with Gasteiger partial charge in [-0.2, -0.15) is 0 Å². The quantitative estimate of drug-likeness (QED) is 0.558. The van der Waals surface area contributed by atoms with Crippen molar-refractivity contribution in [3.8, 4) is 16.9 Å². The maximum Gasteiger partial charge on any atom is 0.165 e. The van der Waals surface area contributed by atoms with Crippen LogP contribution >= 0.6 is 0 Å². The van der Waals surface area contributed by atoms with E-state index in [1.165, 1.54) is 0 Å². The number of para-hydroxylation sites is 1. The van der Waals surface area contributed by atoms with Crippen LogP contribution in [0.1, 0.15) is 39.5 Å². The van der Waals surface area contributed by atoms with Crippen LogP contribution in [0, 0.1) is 5.92 Å². The first-order valence-electron chi connectivity index (χ1n) is 8.59. The van der Waals surface area contributed by atoms with E-state index in [4.69, 9.17) is 4.74 Å². The first-order chi connectivity index (χ1) is 11.5. The summed E-state index contributed by atoms with van der Waals surface area (Å²) in [4.78, 5) is 12.1. The van der Waals surface area contributed by atoms with Gasteiger partial charge in [0, 0.05) is 31.1 Å². The van der Waals surface area contributed by atoms with Gasteiger partial charge < -0.3 is 10.1 Å². The topological polar surface area (TPSA) is 38.3 Å². The van der Waals surface area contributed by atoms with Crippen LogP contribution < -0.4 is 10.1 Å². The second kappa shape index (κ2) is 8.65. The minimum absolute atomic E-state index is 0. The van der Waals surface area contributed by atoms with Crippen LogP contribution in [-0.2, 0) is 0 Å². The highest BCUT2D eigenvalue weighted by Crippen LogP contribution is 2.30. The molecule has 0 saturated carbocycles. The summed E-state index contributed by atoms with van der Waals surface area (Å²) >= 11 is 0. The van der Waals surface area contributed by atoms with Crippen LogP contribution in [-0.4, -0.2) is 25.0 Å². The largest absolute Gasteiger partial charge is 0.492 e. The number of rotatable bonds is 8. The molecule has 2 rings (SSSR count). The van der Waals surface area contributed by atoms with Crippen molar-refractivity contribution in [2.45, 2.75) is 33.7 Å². The molecule has 0 bridgehead atoms. The van der Waals surface area contributed by atoms with E-state index in [-0.39, 0.29) is 13.1 Å². The SMILES string of the molecule is CC(C)NCCOc1ccccc1-c1ccc(C(=O)C(C)C)cc1.[HH]. The minimum atomic E-state index is 0. The van der Waals surface area contributed by atoms with Crippen molar-refractivity contribution >= 4 is 5.78 Å². The molecule has 0 heterocycles. The number of benzene rings is 2. The summed E-state index contributed by atoms with van der Waals surface area (Å²) in [6, 6.07) is 16.2. The van der Waals surface area contributed by atoms with Crippen LogP contribution in [0.25, 0.3) is 11.1 Å². The summed E-state index contributed by atoms with van der Waals surface area (Å²) in [6.45, 7) is 9.52. The maximum atomic E-state index is 12.1. The molecule has 130 valence electrons. The number of nitrogens with one attached hydrogen (secondary N) is 1. The normalized spacial score (nSPS) is 11.1. The lowest BCUT2D eigenvalue weighted by Crippen LogP contribution is -2.27. The molecule has 0 amide bonds. The average molecular weight is 327 g/mol. The zero-order chi connectivity index (χ0) is 17.5. The number of hydrogen-bond acceptors (Lipinski definition) is 3. The molecule has 0 aliphatic carbocycles. The Labute approximate surface area is 146 Å². The number of ketones is 1. The second-order valence-corrected chi connectivity index (χ2v) is 6.55. The fourth-order valence-corrected chi connectivity index (χ4v) is 2.49. The molecule has 2 aromatic carbocycles. The highest BCUT2D eigenvalue weighted by Gasteiger charge is 2.11. The van der Waals surface area contributed by atoms with Crippen molar-refractivity contribution in [2.24, 2.45) is 5.92 Å². The predicted octanol–water partition coefficient (Wildman–Crippen LogP) is 4.82. The van der Waals surface area contributed by atoms with Gasteiger partial charge in [-0.3, -0.25) is 4.79 Å². The number of carbonyl (C=O) groups is 1. The van der Waals surface area contributed by atoms with Crippen molar-refractivity contribution in [1.82, 2.24) is 5.32 Å². The zero-order valence-electron chi connectivity index (χ0n) is 15.0. The van der Waals surface area contributed by atoms with Crippen molar-refractivity contribution in [3.05, 3.63) is 54.1 Å². The van der Waals surface area contributed by atoms with Gasteiger partial charge in [-0.15, -0.1) is 0 Å². The molecule has 0 radical (unpaired) electrons. The van der Waals surface area contributed by atoms with Crippen LogP contribution in [0.4, 0.5) is 0 Å². The Morgan fingerprint density at radius 3 is 2.33 bits per heavy atom. The lowest BCUT2D eigenvalue weighted by molar-refractivity contribution is 0.0939. The van der Waals surface area contributed by atoms with Gasteiger partial charge in [-0.05, 0) is 11.6 Å². The molecule has 0 spiro atoms. The summed E-state index contributed by atoms with van der Waals surface area (Å²) < 4.78 is 5.93. The minimum Gasteiger partial charge on any atom is -0.492 e. The molecule has 0 fully saturated rings. The first-order valence-corrected chi connectivity index (χ1v) is 8.59. The molecule has 0 aromatic heterocycles. The van der Waals surface area contributed by atoms with Crippen molar-refractivity contribution in [2.75, 3.05) is 13.2 Å². The molecule has 1 N–H and O–H groups in total. The van der Waals surface area contributed by atoms with Gasteiger partial charge in [-0.25, -0.2) is 0 Å². The summed E-state index contributed by atoms with van der Waals surface area (Å²) in [5, 5.41) is 3.34. The molecule has 3 heteroatoms. The van der Waals surface area contributed by atoms with Crippen LogP contribution in [0.2, 0.25) is 0 Å². The molecular weight excluding hydrogens is 298 g/mol. The Kier molecular flexibility index (Phi) is 6.56. The van der Waals surface area contributed by atoms with Crippen LogP contribution in [0.15, 0.2) is 48.5 Å². The molecule has 0 aliphatic rings. The fraction of sp³-hybridized carbons (Fsp3) is 0.381. The lowest BCUT2D eigenvalue weighted by atomic mass is 9.97. The van der Waals surface area contributed by atoms with Gasteiger partial charge in [-0.1, -0.05) is 70.2 Å². The van der Waals surface area contributed by atoms with Gasteiger partial charge in [0.1, 0.15) is 12.4 Å². The van der Waals surface area contributed by atoms with E-state index < -0.39 is 0 Å². The fourth-order valence-electron chi connectivity index (χ4n) is 2.49. The molecule has 0 saturated heterocycles. The van der Waals surface area contributed by atoms with Gasteiger partial charge in [0.2, 0.25) is 0 Å². The van der Waals surface area contributed by atoms with Gasteiger partial charge >= 0.3 is 0 Å². The van der Waals surface area contributed by atoms with E-state index in [0.717, 1.165) is 29.0 Å². The van der Waals surface area contributed by atoms with E-state index in [1.807, 2.05) is 62.4 Å². The number of carbonyl (C=O) groups excluding carboxylic acids is 1. The molecule has 0 aliphatic heterocycles. The summed E-state index contributed by atoms with van der Waals surface area (Å²) in [5.41, 5.74) is 2.86. The Hall–Kier alpha value is -2.13. The molecule has 24 heavy (non-hydrogen) atoms. The Morgan fingerprint density at radius 2 is 1.71 bits per heavy atom. The third-order valence-electron chi connectivity index (χ3n) is 3.80. The standard InChI is InChI=1S/C21H27NO2.H2/c1-15(2)21(23)18-11-9-17(10-12-18)19-7-5-6-8-20(19)24-14-13-22-16(3)4;/h5-12,15-16,22H,13-14H2,1-4H3;1H. The Morgan fingerprint density at radius 1 is 1.04 bits per heavy atom. The third kappa shape index (κ3) is 4.93. The Bertz CT molecular complexity index is 666. The molecule has 2 aromatic rings. The highest BCUT2D eigenvalue weighted by atomic mass is 16.5. The van der Waals surface area contributed by atoms with E-state index in [0.29, 0.717) is 12.6 Å². The van der Waals surface area contributed by atoms with Crippen LogP contribution in [0.3, 0.4) is 0 Å². The molecular formula is C21H29NO2. The monoisotopic (exact) mass is 327 g/mol. The maximum absolute atomic E-state index is 12.1. The van der Waals surface area contributed by atoms with E-state index >= 15 is 0 Å². The third-order valence-corrected chi connectivity index (χ3v) is 3.80. The second-order valence-electron chi connectivity index (χ2n) is 6.55. The summed E-state index contributed by atoms with van der Waals surface area (Å²) in [5.74, 6) is 1.05. The predicted molar refractivity (Wildman–Crippen MR) is 102 cm³/mol. The van der Waals surface area contributed by atoms with Crippen LogP contribution in [0.5, 0.6) is 5.75 Å². The molecule has 3 nitrogen and oxygen atoms in total. The summed E-state index contributed by atoms with van der Waals surface area (Å²) in [7, 11) is 0. The molecule has 0 atom stereocenters. The van der Waals surface area contributed by atoms with Gasteiger partial charge in [0.25, 0.3) is 0 Å². The zero-order valence-corrected chi connectivity index (χ0v) is 15.0. The van der Waals surface area contributed by atoms with Crippen molar-refractivity contribution < 1.29 is 11.0 Å². The number of Topliss-reactive ketones (excluding diaryl/α,β-unsaturated/α-hetero) is 1. The van der Waals surface area contributed by atoms with E-state index in [2.05, 4.69) is 19.2 Å². The number of ether oxygens (including phenoxy) is 1. The van der Waals surface area contributed by atoms with Gasteiger partial charge in [0.05, 0.1) is 0 Å². The number of hydrogen-bond donors (Lipinski definition) is 1. The summed E-state index contributed by atoms with van der Waals surface area (Å²) in [6.07, 6.45) is 0. The smallest absolute Gasteiger partial charge is 0.165 e. The highest BCUT2D eigenvalue weighted by molar-refractivity contribution is 5.97. The Balaban J connectivity index is 0.00000312. The first kappa shape index (κ1) is 18.2. The van der Waals surface area contributed by atoms with E-state index in [9.17, 15) is 4.79 Å². The average Bonchev–Trinajstić information content (AvgIpc) is 2.58.